The van der Waals surface area contributed by atoms with Gasteiger partial charge in [-0.05, 0) is 39.3 Å². The molecule has 20 heavy (non-hydrogen) atoms. The fourth-order valence-electron chi connectivity index (χ4n) is 2.50. The molecule has 0 aromatic rings. The Bertz CT molecular complexity index is 264. The van der Waals surface area contributed by atoms with Crippen molar-refractivity contribution in [1.29, 1.82) is 0 Å². The molecule has 1 rings (SSSR count). The Morgan fingerprint density at radius 1 is 1.35 bits per heavy atom. The average molecular weight is 398 g/mol. The van der Waals surface area contributed by atoms with Crippen LogP contribution in [0.15, 0.2) is 4.99 Å². The third kappa shape index (κ3) is 7.64. The molecular weight excluding hydrogens is 367 g/mol. The first kappa shape index (κ1) is 19.9. The molecule has 0 aromatic carbocycles. The summed E-state index contributed by atoms with van der Waals surface area (Å²) in [5.74, 6) is 0.902. The van der Waals surface area contributed by atoms with Crippen LogP contribution in [0.2, 0.25) is 0 Å². The zero-order chi connectivity index (χ0) is 13.9. The lowest BCUT2D eigenvalue weighted by Crippen LogP contribution is -2.45. The van der Waals surface area contributed by atoms with Gasteiger partial charge in [0.1, 0.15) is 0 Å². The van der Waals surface area contributed by atoms with Crippen LogP contribution < -0.4 is 10.6 Å². The van der Waals surface area contributed by atoms with Crippen molar-refractivity contribution in [3.05, 3.63) is 0 Å². The predicted octanol–water partition coefficient (Wildman–Crippen LogP) is 1.68. The number of hydrogen-bond donors (Lipinski definition) is 2. The Balaban J connectivity index is 0.00000361. The molecule has 6 heteroatoms. The van der Waals surface area contributed by atoms with Gasteiger partial charge in [0.25, 0.3) is 0 Å². The second kappa shape index (κ2) is 12.6. The Morgan fingerprint density at radius 2 is 2.15 bits per heavy atom. The number of guanidine groups is 1. The van der Waals surface area contributed by atoms with E-state index in [0.717, 1.165) is 45.2 Å². The highest BCUT2D eigenvalue weighted by Crippen LogP contribution is 2.15. The molecule has 2 N–H and O–H groups in total. The number of aliphatic imine (C=N–C) groups is 1. The van der Waals surface area contributed by atoms with Crippen LogP contribution in [-0.2, 0) is 4.74 Å². The Labute approximate surface area is 140 Å². The van der Waals surface area contributed by atoms with Gasteiger partial charge in [0.05, 0.1) is 0 Å². The van der Waals surface area contributed by atoms with E-state index in [4.69, 9.17) is 4.74 Å². The van der Waals surface area contributed by atoms with E-state index in [9.17, 15) is 0 Å². The van der Waals surface area contributed by atoms with Gasteiger partial charge in [0, 0.05) is 39.4 Å². The zero-order valence-corrected chi connectivity index (χ0v) is 15.5. The van der Waals surface area contributed by atoms with Gasteiger partial charge < -0.3 is 15.4 Å². The number of likely N-dealkylation sites (tertiary alicyclic amines) is 1. The summed E-state index contributed by atoms with van der Waals surface area (Å²) in [5, 5.41) is 6.75. The molecule has 0 bridgehead atoms. The monoisotopic (exact) mass is 398 g/mol. The van der Waals surface area contributed by atoms with Crippen LogP contribution in [-0.4, -0.2) is 63.3 Å². The fraction of sp³-hybridized carbons (Fsp3) is 0.929. The minimum absolute atomic E-state index is 0. The van der Waals surface area contributed by atoms with Crippen LogP contribution in [0.1, 0.15) is 33.1 Å². The molecule has 0 aliphatic carbocycles. The lowest BCUT2D eigenvalue weighted by Gasteiger charge is -2.23. The van der Waals surface area contributed by atoms with E-state index in [0.29, 0.717) is 6.04 Å². The van der Waals surface area contributed by atoms with Crippen LogP contribution in [0.4, 0.5) is 0 Å². The molecule has 5 nitrogen and oxygen atoms in total. The summed E-state index contributed by atoms with van der Waals surface area (Å²) in [6, 6.07) is 0.659. The second-order valence-electron chi connectivity index (χ2n) is 4.86. The van der Waals surface area contributed by atoms with E-state index in [1.54, 1.807) is 0 Å². The van der Waals surface area contributed by atoms with Crippen LogP contribution in [0.3, 0.4) is 0 Å². The lowest BCUT2D eigenvalue weighted by atomic mass is 10.2. The summed E-state index contributed by atoms with van der Waals surface area (Å²) < 4.78 is 5.31. The van der Waals surface area contributed by atoms with E-state index in [2.05, 4.69) is 27.4 Å². The van der Waals surface area contributed by atoms with E-state index in [-0.39, 0.29) is 24.0 Å². The molecule has 1 atom stereocenters. The van der Waals surface area contributed by atoms with Crippen molar-refractivity contribution in [2.24, 2.45) is 4.99 Å². The Hall–Kier alpha value is -0.0800. The van der Waals surface area contributed by atoms with Crippen LogP contribution in [0.25, 0.3) is 0 Å². The van der Waals surface area contributed by atoms with E-state index < -0.39 is 0 Å². The number of halogens is 1. The number of nitrogens with zero attached hydrogens (tertiary/aromatic N) is 2. The molecule has 0 spiro atoms. The van der Waals surface area contributed by atoms with Gasteiger partial charge in [-0.3, -0.25) is 9.89 Å². The molecule has 0 amide bonds. The summed E-state index contributed by atoms with van der Waals surface area (Å²) in [7, 11) is 1.82. The SMILES string of the molecule is CCOCCCNC(=NC)NCC1CCCN1CC.I. The Kier molecular flexibility index (Phi) is 12.6. The smallest absolute Gasteiger partial charge is 0.191 e. The number of ether oxygens (including phenoxy) is 1. The molecule has 1 aliphatic rings. The van der Waals surface area contributed by atoms with E-state index >= 15 is 0 Å². The standard InChI is InChI=1S/C14H30N4O.HI/c1-4-18-10-6-8-13(18)12-17-14(15-3)16-9-7-11-19-5-2;/h13H,4-12H2,1-3H3,(H2,15,16,17);1H. The first-order chi connectivity index (χ1) is 9.31. The molecule has 0 aromatic heterocycles. The quantitative estimate of drug-likeness (QED) is 0.283. The van der Waals surface area contributed by atoms with Crippen molar-refractivity contribution in [3.63, 3.8) is 0 Å². The largest absolute Gasteiger partial charge is 0.382 e. The van der Waals surface area contributed by atoms with E-state index in [1.807, 2.05) is 14.0 Å². The van der Waals surface area contributed by atoms with Gasteiger partial charge in [-0.25, -0.2) is 0 Å². The third-order valence-electron chi connectivity index (χ3n) is 3.60. The minimum atomic E-state index is 0. The van der Waals surface area contributed by atoms with Gasteiger partial charge in [0.15, 0.2) is 5.96 Å². The third-order valence-corrected chi connectivity index (χ3v) is 3.60. The van der Waals surface area contributed by atoms with Gasteiger partial charge in [-0.15, -0.1) is 24.0 Å². The number of nitrogens with one attached hydrogen (secondary N) is 2. The summed E-state index contributed by atoms with van der Waals surface area (Å²) in [5.41, 5.74) is 0. The van der Waals surface area contributed by atoms with Crippen molar-refractivity contribution in [3.8, 4) is 0 Å². The highest BCUT2D eigenvalue weighted by Gasteiger charge is 2.22. The fourth-order valence-corrected chi connectivity index (χ4v) is 2.50. The van der Waals surface area contributed by atoms with Gasteiger partial charge in [0.2, 0.25) is 0 Å². The summed E-state index contributed by atoms with van der Waals surface area (Å²) in [4.78, 5) is 6.79. The summed E-state index contributed by atoms with van der Waals surface area (Å²) in [6.45, 7) is 10.1. The van der Waals surface area contributed by atoms with Crippen molar-refractivity contribution in [1.82, 2.24) is 15.5 Å². The van der Waals surface area contributed by atoms with Crippen molar-refractivity contribution >= 4 is 29.9 Å². The number of likely N-dealkylation sites (N-methyl/N-ethyl adjacent to an activating group) is 1. The highest BCUT2D eigenvalue weighted by atomic mass is 127. The van der Waals surface area contributed by atoms with Gasteiger partial charge >= 0.3 is 0 Å². The van der Waals surface area contributed by atoms with Crippen molar-refractivity contribution < 1.29 is 4.74 Å². The topological polar surface area (TPSA) is 48.9 Å². The van der Waals surface area contributed by atoms with Gasteiger partial charge in [-0.1, -0.05) is 6.92 Å². The zero-order valence-electron chi connectivity index (χ0n) is 13.2. The second-order valence-corrected chi connectivity index (χ2v) is 4.86. The maximum absolute atomic E-state index is 5.31. The lowest BCUT2D eigenvalue weighted by molar-refractivity contribution is 0.145. The van der Waals surface area contributed by atoms with Crippen LogP contribution >= 0.6 is 24.0 Å². The van der Waals surface area contributed by atoms with Gasteiger partial charge in [-0.2, -0.15) is 0 Å². The molecule has 0 radical (unpaired) electrons. The molecule has 0 saturated carbocycles. The molecular formula is C14H31IN4O. The van der Waals surface area contributed by atoms with Crippen molar-refractivity contribution in [2.45, 2.75) is 39.2 Å². The number of rotatable bonds is 8. The molecule has 1 heterocycles. The van der Waals surface area contributed by atoms with Crippen molar-refractivity contribution in [2.75, 3.05) is 46.4 Å². The van der Waals surface area contributed by atoms with Crippen LogP contribution in [0.5, 0.6) is 0 Å². The normalized spacial score (nSPS) is 19.8. The first-order valence-electron chi connectivity index (χ1n) is 7.58. The minimum Gasteiger partial charge on any atom is -0.382 e. The van der Waals surface area contributed by atoms with E-state index in [1.165, 1.54) is 19.4 Å². The maximum atomic E-state index is 5.31. The molecule has 120 valence electrons. The molecule has 1 aliphatic heterocycles. The molecule has 1 saturated heterocycles. The molecule has 1 unspecified atom stereocenters. The molecule has 1 fully saturated rings. The first-order valence-corrected chi connectivity index (χ1v) is 7.58. The summed E-state index contributed by atoms with van der Waals surface area (Å²) >= 11 is 0. The summed E-state index contributed by atoms with van der Waals surface area (Å²) in [6.07, 6.45) is 3.63. The highest BCUT2D eigenvalue weighted by molar-refractivity contribution is 14.0. The number of hydrogen-bond acceptors (Lipinski definition) is 3. The maximum Gasteiger partial charge on any atom is 0.191 e. The predicted molar refractivity (Wildman–Crippen MR) is 96.2 cm³/mol. The average Bonchev–Trinajstić information content (AvgIpc) is 2.89. The Morgan fingerprint density at radius 3 is 2.80 bits per heavy atom. The van der Waals surface area contributed by atoms with Crippen LogP contribution in [0, 0.1) is 0 Å².